The van der Waals surface area contributed by atoms with E-state index in [1.54, 1.807) is 0 Å². The highest BCUT2D eigenvalue weighted by atomic mass is 28.4. The van der Waals surface area contributed by atoms with Crippen LogP contribution in [0.15, 0.2) is 30.3 Å². The maximum absolute atomic E-state index is 12.3. The zero-order valence-electron chi connectivity index (χ0n) is 22.6. The molecule has 0 saturated carbocycles. The fourth-order valence-corrected chi connectivity index (χ4v) is 4.31. The van der Waals surface area contributed by atoms with E-state index in [1.807, 2.05) is 65.0 Å². The van der Waals surface area contributed by atoms with Crippen molar-refractivity contribution in [1.29, 1.82) is 0 Å². The van der Waals surface area contributed by atoms with Gasteiger partial charge >= 0.3 is 5.97 Å². The van der Waals surface area contributed by atoms with E-state index < -0.39 is 19.8 Å². The first-order valence-electron chi connectivity index (χ1n) is 12.2. The number of hydrogen-bond donors (Lipinski definition) is 1. The molecule has 0 aliphatic rings. The number of esters is 1. The fraction of sp³-hybridized carbons (Fsp3) is 0.741. The van der Waals surface area contributed by atoms with Crippen LogP contribution in [0.1, 0.15) is 67.4 Å². The summed E-state index contributed by atoms with van der Waals surface area (Å²) >= 11 is 0. The van der Waals surface area contributed by atoms with Crippen LogP contribution in [-0.4, -0.2) is 44.8 Å². The number of rotatable bonds is 12. The lowest BCUT2D eigenvalue weighted by atomic mass is 9.88. The summed E-state index contributed by atoms with van der Waals surface area (Å²) in [5, 5.41) is 11.1. The molecule has 0 spiro atoms. The number of carbonyl (C=O) groups excluding carboxylic acids is 1. The molecule has 1 aromatic carbocycles. The Hall–Kier alpha value is -1.21. The van der Waals surface area contributed by atoms with E-state index in [0.717, 1.165) is 5.56 Å². The van der Waals surface area contributed by atoms with Crippen LogP contribution < -0.4 is 0 Å². The third-order valence-electron chi connectivity index (χ3n) is 6.74. The highest BCUT2D eigenvalue weighted by molar-refractivity contribution is 6.74. The second-order valence-electron chi connectivity index (χ2n) is 11.9. The Morgan fingerprint density at radius 1 is 1.03 bits per heavy atom. The molecule has 0 bridgehead atoms. The number of aliphatic hydroxyl groups excluding tert-OH is 1. The van der Waals surface area contributed by atoms with Crippen molar-refractivity contribution in [3.05, 3.63) is 35.9 Å². The van der Waals surface area contributed by atoms with Crippen molar-refractivity contribution in [1.82, 2.24) is 0 Å². The molecule has 0 aliphatic heterocycles. The van der Waals surface area contributed by atoms with Gasteiger partial charge in [-0.05, 0) is 50.9 Å². The molecule has 33 heavy (non-hydrogen) atoms. The van der Waals surface area contributed by atoms with E-state index in [2.05, 4.69) is 33.9 Å². The monoisotopic (exact) mass is 480 g/mol. The quantitative estimate of drug-likeness (QED) is 0.285. The van der Waals surface area contributed by atoms with E-state index in [0.29, 0.717) is 19.6 Å². The van der Waals surface area contributed by atoms with Crippen molar-refractivity contribution < 1.29 is 23.8 Å². The lowest BCUT2D eigenvalue weighted by molar-refractivity contribution is -0.157. The second-order valence-corrected chi connectivity index (χ2v) is 16.7. The zero-order valence-corrected chi connectivity index (χ0v) is 23.6. The molecule has 1 rings (SSSR count). The third-order valence-corrected chi connectivity index (χ3v) is 11.3. The van der Waals surface area contributed by atoms with Crippen LogP contribution in [0.5, 0.6) is 0 Å². The minimum Gasteiger partial charge on any atom is -0.465 e. The van der Waals surface area contributed by atoms with Gasteiger partial charge in [-0.25, -0.2) is 0 Å². The third kappa shape index (κ3) is 9.89. The fourth-order valence-electron chi connectivity index (χ4n) is 3.25. The normalized spacial score (nSPS) is 16.7. The summed E-state index contributed by atoms with van der Waals surface area (Å²) in [6.07, 6.45) is -0.287. The first-order valence-corrected chi connectivity index (χ1v) is 15.1. The number of ether oxygens (including phenoxy) is 2. The highest BCUT2D eigenvalue weighted by Gasteiger charge is 2.37. The lowest BCUT2D eigenvalue weighted by Gasteiger charge is -2.37. The van der Waals surface area contributed by atoms with E-state index in [4.69, 9.17) is 13.9 Å². The summed E-state index contributed by atoms with van der Waals surface area (Å²) in [6, 6.07) is 9.99. The minimum atomic E-state index is -1.86. The van der Waals surface area contributed by atoms with Gasteiger partial charge in [0.25, 0.3) is 0 Å². The number of benzene rings is 1. The Kier molecular flexibility index (Phi) is 11.3. The van der Waals surface area contributed by atoms with Crippen LogP contribution in [0.3, 0.4) is 0 Å². The van der Waals surface area contributed by atoms with Crippen molar-refractivity contribution in [2.75, 3.05) is 13.2 Å². The predicted molar refractivity (Wildman–Crippen MR) is 138 cm³/mol. The van der Waals surface area contributed by atoms with E-state index in [-0.39, 0.29) is 35.6 Å². The standard InChI is InChI=1S/C27H48O5Si/c1-20(18-31-25(29)26(3,4)5)24(30-19-22-14-12-11-13-15-22)21(2)23(28)16-17-32-33(9,10)27(6,7)8/h11-15,20-21,23-24,28H,16-19H2,1-10H3/t20-,21+,23-,24-/m1/s1. The molecule has 1 N–H and O–H groups in total. The molecule has 0 heterocycles. The minimum absolute atomic E-state index is 0.0639. The molecular weight excluding hydrogens is 432 g/mol. The van der Waals surface area contributed by atoms with Gasteiger partial charge in [0, 0.05) is 18.4 Å². The SMILES string of the molecule is C[C@H]([C@H](OCc1ccccc1)[C@H](C)COC(=O)C(C)(C)C)[C@H](O)CCO[Si](C)(C)C(C)(C)C. The molecule has 5 nitrogen and oxygen atoms in total. The first kappa shape index (κ1) is 29.8. The topological polar surface area (TPSA) is 65.0 Å². The Labute approximate surface area is 203 Å². The van der Waals surface area contributed by atoms with Crippen LogP contribution in [-0.2, 0) is 25.3 Å². The molecule has 1 aromatic rings. The van der Waals surface area contributed by atoms with Crippen LogP contribution in [0.2, 0.25) is 18.1 Å². The van der Waals surface area contributed by atoms with Gasteiger partial charge in [0.15, 0.2) is 8.32 Å². The maximum atomic E-state index is 12.3. The summed E-state index contributed by atoms with van der Waals surface area (Å²) in [4.78, 5) is 12.3. The molecule has 0 saturated heterocycles. The lowest BCUT2D eigenvalue weighted by Crippen LogP contribution is -2.42. The second kappa shape index (κ2) is 12.5. The van der Waals surface area contributed by atoms with Crippen molar-refractivity contribution in [2.24, 2.45) is 17.3 Å². The summed E-state index contributed by atoms with van der Waals surface area (Å²) < 4.78 is 18.2. The van der Waals surface area contributed by atoms with E-state index in [9.17, 15) is 9.90 Å². The van der Waals surface area contributed by atoms with Crippen LogP contribution in [0.4, 0.5) is 0 Å². The number of hydrogen-bond acceptors (Lipinski definition) is 5. The molecule has 0 amide bonds. The summed E-state index contributed by atoms with van der Waals surface area (Å²) in [6.45, 7) is 21.9. The molecule has 190 valence electrons. The summed E-state index contributed by atoms with van der Waals surface area (Å²) in [5.74, 6) is -0.432. The largest absolute Gasteiger partial charge is 0.465 e. The molecular formula is C27H48O5Si. The smallest absolute Gasteiger partial charge is 0.311 e. The Morgan fingerprint density at radius 2 is 1.61 bits per heavy atom. The predicted octanol–water partition coefficient (Wildman–Crippen LogP) is 6.21. The molecule has 4 atom stereocenters. The Bertz CT molecular complexity index is 705. The van der Waals surface area contributed by atoms with Gasteiger partial charge in [-0.15, -0.1) is 0 Å². The number of carbonyl (C=O) groups is 1. The first-order chi connectivity index (χ1) is 15.1. The van der Waals surface area contributed by atoms with Crippen molar-refractivity contribution in [3.63, 3.8) is 0 Å². The molecule has 6 heteroatoms. The van der Waals surface area contributed by atoms with Gasteiger partial charge in [0.1, 0.15) is 0 Å². The van der Waals surface area contributed by atoms with E-state index >= 15 is 0 Å². The van der Waals surface area contributed by atoms with Gasteiger partial charge < -0.3 is 19.0 Å². The zero-order chi connectivity index (χ0) is 25.4. The highest BCUT2D eigenvalue weighted by Crippen LogP contribution is 2.36. The summed E-state index contributed by atoms with van der Waals surface area (Å²) in [7, 11) is -1.86. The molecule has 0 aliphatic carbocycles. The van der Waals surface area contributed by atoms with Gasteiger partial charge in [-0.2, -0.15) is 0 Å². The molecule has 0 fully saturated rings. The van der Waals surface area contributed by atoms with Crippen LogP contribution in [0.25, 0.3) is 0 Å². The Balaban J connectivity index is 2.81. The summed E-state index contributed by atoms with van der Waals surface area (Å²) in [5.41, 5.74) is 0.524. The van der Waals surface area contributed by atoms with Crippen molar-refractivity contribution >= 4 is 14.3 Å². The average Bonchev–Trinajstić information content (AvgIpc) is 2.70. The van der Waals surface area contributed by atoms with Gasteiger partial charge in [-0.3, -0.25) is 4.79 Å². The average molecular weight is 481 g/mol. The maximum Gasteiger partial charge on any atom is 0.311 e. The van der Waals surface area contributed by atoms with E-state index in [1.165, 1.54) is 0 Å². The Morgan fingerprint density at radius 3 is 2.12 bits per heavy atom. The van der Waals surface area contributed by atoms with Crippen molar-refractivity contribution in [3.8, 4) is 0 Å². The van der Waals surface area contributed by atoms with Crippen LogP contribution in [0, 0.1) is 17.3 Å². The van der Waals surface area contributed by atoms with Crippen LogP contribution >= 0.6 is 0 Å². The van der Waals surface area contributed by atoms with Gasteiger partial charge in [-0.1, -0.05) is 65.0 Å². The molecule has 0 unspecified atom stereocenters. The van der Waals surface area contributed by atoms with Gasteiger partial charge in [0.2, 0.25) is 0 Å². The van der Waals surface area contributed by atoms with Gasteiger partial charge in [0.05, 0.1) is 30.8 Å². The molecule has 0 radical (unpaired) electrons. The number of aliphatic hydroxyl groups is 1. The van der Waals surface area contributed by atoms with Crippen molar-refractivity contribution in [2.45, 2.75) is 98.8 Å². The molecule has 0 aromatic heterocycles.